The van der Waals surface area contributed by atoms with Gasteiger partial charge in [-0.1, -0.05) is 24.1 Å². The minimum Gasteiger partial charge on any atom is -0.444 e. The van der Waals surface area contributed by atoms with Crippen LogP contribution in [-0.2, 0) is 16.0 Å². The van der Waals surface area contributed by atoms with Crippen molar-refractivity contribution in [2.75, 3.05) is 6.54 Å². The van der Waals surface area contributed by atoms with Gasteiger partial charge in [-0.15, -0.1) is 0 Å². The fourth-order valence-corrected chi connectivity index (χ4v) is 2.82. The van der Waals surface area contributed by atoms with Gasteiger partial charge in [-0.05, 0) is 63.1 Å². The summed E-state index contributed by atoms with van der Waals surface area (Å²) in [6.07, 6.45) is 2.03. The lowest BCUT2D eigenvalue weighted by Gasteiger charge is -2.19. The van der Waals surface area contributed by atoms with Gasteiger partial charge in [0.25, 0.3) is 0 Å². The van der Waals surface area contributed by atoms with E-state index in [2.05, 4.69) is 22.1 Å². The van der Waals surface area contributed by atoms with Gasteiger partial charge >= 0.3 is 12.1 Å². The van der Waals surface area contributed by atoms with Crippen LogP contribution in [0.15, 0.2) is 54.7 Å². The highest BCUT2D eigenvalue weighted by atomic mass is 16.6. The maximum Gasteiger partial charge on any atom is 0.407 e. The van der Waals surface area contributed by atoms with Crippen LogP contribution in [-0.4, -0.2) is 29.2 Å². The van der Waals surface area contributed by atoms with E-state index in [0.717, 1.165) is 22.0 Å². The van der Waals surface area contributed by atoms with E-state index in [-0.39, 0.29) is 0 Å². The Morgan fingerprint density at radius 2 is 1.87 bits per heavy atom. The summed E-state index contributed by atoms with van der Waals surface area (Å²) in [5, 5.41) is 3.66. The first-order chi connectivity index (χ1) is 14.3. The number of benzene rings is 2. The number of hydrogen-bond donors (Lipinski definition) is 2. The zero-order chi connectivity index (χ0) is 21.6. The Kier molecular flexibility index (Phi) is 6.43. The topological polar surface area (TPSA) is 80.4 Å². The molecule has 2 aromatic carbocycles. The van der Waals surface area contributed by atoms with E-state index in [4.69, 9.17) is 9.47 Å². The average Bonchev–Trinajstić information content (AvgIpc) is 3.08. The molecule has 0 fully saturated rings. The molecule has 0 unspecified atom stereocenters. The number of hydrogen-bond acceptors (Lipinski definition) is 4. The van der Waals surface area contributed by atoms with E-state index >= 15 is 0 Å². The highest BCUT2D eigenvalue weighted by Gasteiger charge is 2.15. The molecule has 0 aliphatic heterocycles. The summed E-state index contributed by atoms with van der Waals surface area (Å²) in [7, 11) is 0. The Labute approximate surface area is 175 Å². The molecule has 3 aromatic rings. The molecular weight excluding hydrogens is 380 g/mol. The molecule has 0 bridgehead atoms. The van der Waals surface area contributed by atoms with Crippen molar-refractivity contribution >= 4 is 23.0 Å². The van der Waals surface area contributed by atoms with E-state index in [9.17, 15) is 9.59 Å². The van der Waals surface area contributed by atoms with Crippen molar-refractivity contribution < 1.29 is 19.1 Å². The number of esters is 1. The summed E-state index contributed by atoms with van der Waals surface area (Å²) < 4.78 is 10.6. The Balaban J connectivity index is 1.62. The van der Waals surface area contributed by atoms with E-state index in [0.29, 0.717) is 18.7 Å². The predicted octanol–water partition coefficient (Wildman–Crippen LogP) is 4.19. The number of aromatic amines is 1. The van der Waals surface area contributed by atoms with E-state index in [1.807, 2.05) is 63.4 Å². The van der Waals surface area contributed by atoms with Crippen LogP contribution in [0.1, 0.15) is 31.9 Å². The molecule has 154 valence electrons. The Bertz CT molecular complexity index is 1100. The molecule has 0 saturated heterocycles. The van der Waals surface area contributed by atoms with Crippen LogP contribution in [0.5, 0.6) is 5.75 Å². The van der Waals surface area contributed by atoms with E-state index in [1.165, 1.54) is 0 Å². The van der Waals surface area contributed by atoms with E-state index < -0.39 is 17.7 Å². The number of carbonyl (C=O) groups excluding carboxylic acids is 2. The highest BCUT2D eigenvalue weighted by Crippen LogP contribution is 2.24. The first-order valence-corrected chi connectivity index (χ1v) is 9.66. The van der Waals surface area contributed by atoms with Crippen LogP contribution in [0.2, 0.25) is 0 Å². The van der Waals surface area contributed by atoms with Crippen molar-refractivity contribution in [3.63, 3.8) is 0 Å². The number of ether oxygens (including phenoxy) is 2. The minimum atomic E-state index is -0.623. The molecule has 30 heavy (non-hydrogen) atoms. The zero-order valence-electron chi connectivity index (χ0n) is 17.2. The molecule has 0 saturated carbocycles. The third kappa shape index (κ3) is 6.14. The quantitative estimate of drug-likeness (QED) is 0.388. The standard InChI is InChI=1S/C24H24N2O4/c1-24(2,3)30-23(28)25-14-13-18-16-26-21-11-10-19(15-20(18)21)29-22(27)12-9-17-7-5-4-6-8-17/h4-8,10-11,15-16,26H,13-14H2,1-3H3,(H,25,28). The molecule has 0 aliphatic rings. The van der Waals surface area contributed by atoms with Crippen LogP contribution in [0.3, 0.4) is 0 Å². The monoisotopic (exact) mass is 404 g/mol. The lowest BCUT2D eigenvalue weighted by molar-refractivity contribution is -0.128. The normalized spacial score (nSPS) is 10.8. The molecule has 2 N–H and O–H groups in total. The molecule has 0 radical (unpaired) electrons. The van der Waals surface area contributed by atoms with Gasteiger partial charge in [0.15, 0.2) is 0 Å². The summed E-state index contributed by atoms with van der Waals surface area (Å²) >= 11 is 0. The third-order valence-corrected chi connectivity index (χ3v) is 4.09. The maximum atomic E-state index is 12.0. The molecule has 1 heterocycles. The first kappa shape index (κ1) is 21.0. The van der Waals surface area contributed by atoms with Gasteiger partial charge in [0.1, 0.15) is 11.4 Å². The average molecular weight is 404 g/mol. The zero-order valence-corrected chi connectivity index (χ0v) is 17.2. The van der Waals surface area contributed by atoms with Gasteiger partial charge in [0.05, 0.1) is 0 Å². The predicted molar refractivity (Wildman–Crippen MR) is 115 cm³/mol. The van der Waals surface area contributed by atoms with Crippen LogP contribution in [0, 0.1) is 11.8 Å². The number of amides is 1. The van der Waals surface area contributed by atoms with Crippen molar-refractivity contribution in [2.24, 2.45) is 0 Å². The Morgan fingerprint density at radius 1 is 1.10 bits per heavy atom. The molecule has 0 atom stereocenters. The number of alkyl carbamates (subject to hydrolysis) is 1. The van der Waals surface area contributed by atoms with Crippen molar-refractivity contribution in [1.29, 1.82) is 0 Å². The van der Waals surface area contributed by atoms with Crippen molar-refractivity contribution in [3.05, 3.63) is 65.9 Å². The van der Waals surface area contributed by atoms with Crippen molar-refractivity contribution in [3.8, 4) is 17.6 Å². The van der Waals surface area contributed by atoms with Crippen LogP contribution < -0.4 is 10.1 Å². The lowest BCUT2D eigenvalue weighted by atomic mass is 10.1. The first-order valence-electron chi connectivity index (χ1n) is 9.66. The molecule has 1 amide bonds. The van der Waals surface area contributed by atoms with Crippen LogP contribution in [0.4, 0.5) is 4.79 Å². The second-order valence-electron chi connectivity index (χ2n) is 7.71. The molecule has 1 aromatic heterocycles. The van der Waals surface area contributed by atoms with E-state index in [1.54, 1.807) is 12.1 Å². The number of carbonyl (C=O) groups is 2. The minimum absolute atomic E-state index is 0.413. The Hall–Kier alpha value is -3.72. The summed E-state index contributed by atoms with van der Waals surface area (Å²) in [4.78, 5) is 27.0. The van der Waals surface area contributed by atoms with Gasteiger partial charge in [-0.3, -0.25) is 0 Å². The molecular formula is C24H24N2O4. The van der Waals surface area contributed by atoms with Crippen LogP contribution in [0.25, 0.3) is 10.9 Å². The SMILES string of the molecule is CC(C)(C)OC(=O)NCCc1c[nH]c2ccc(OC(=O)C#Cc3ccccc3)cc12. The summed E-state index contributed by atoms with van der Waals surface area (Å²) in [6, 6.07) is 14.6. The second-order valence-corrected chi connectivity index (χ2v) is 7.71. The van der Waals surface area contributed by atoms with Crippen molar-refractivity contribution in [1.82, 2.24) is 10.3 Å². The Morgan fingerprint density at radius 3 is 2.60 bits per heavy atom. The number of fused-ring (bicyclic) bond motifs is 1. The summed E-state index contributed by atoms with van der Waals surface area (Å²) in [5.41, 5.74) is 2.12. The number of nitrogens with one attached hydrogen (secondary N) is 2. The number of rotatable bonds is 4. The summed E-state index contributed by atoms with van der Waals surface area (Å²) in [5.74, 6) is 5.06. The molecule has 6 heteroatoms. The maximum absolute atomic E-state index is 12.0. The number of H-pyrrole nitrogens is 1. The second kappa shape index (κ2) is 9.19. The van der Waals surface area contributed by atoms with Gasteiger partial charge < -0.3 is 19.8 Å². The third-order valence-electron chi connectivity index (χ3n) is 4.09. The molecule has 0 spiro atoms. The smallest absolute Gasteiger partial charge is 0.407 e. The lowest BCUT2D eigenvalue weighted by Crippen LogP contribution is -2.33. The fourth-order valence-electron chi connectivity index (χ4n) is 2.82. The van der Waals surface area contributed by atoms with Gasteiger partial charge in [0, 0.05) is 35.1 Å². The molecule has 0 aliphatic carbocycles. The largest absolute Gasteiger partial charge is 0.444 e. The van der Waals surface area contributed by atoms with Crippen molar-refractivity contribution in [2.45, 2.75) is 32.8 Å². The van der Waals surface area contributed by atoms with Crippen LogP contribution >= 0.6 is 0 Å². The van der Waals surface area contributed by atoms with Gasteiger partial charge in [-0.2, -0.15) is 0 Å². The van der Waals surface area contributed by atoms with Gasteiger partial charge in [0.2, 0.25) is 0 Å². The molecule has 6 nitrogen and oxygen atoms in total. The highest BCUT2D eigenvalue weighted by molar-refractivity contribution is 5.92. The molecule has 3 rings (SSSR count). The fraction of sp³-hybridized carbons (Fsp3) is 0.250. The summed E-state index contributed by atoms with van der Waals surface area (Å²) in [6.45, 7) is 5.88. The number of aromatic nitrogens is 1. The van der Waals surface area contributed by atoms with Gasteiger partial charge in [-0.25, -0.2) is 9.59 Å².